The van der Waals surface area contributed by atoms with E-state index in [1.807, 2.05) is 12.1 Å². The maximum absolute atomic E-state index is 13.7. The summed E-state index contributed by atoms with van der Waals surface area (Å²) in [5, 5.41) is 5.49. The zero-order valence-electron chi connectivity index (χ0n) is 11.2. The summed E-state index contributed by atoms with van der Waals surface area (Å²) in [5.41, 5.74) is 3.75. The first-order valence-electron chi connectivity index (χ1n) is 6.30. The third kappa shape index (κ3) is 2.57. The number of benzene rings is 2. The molecular weight excluding hydrogens is 289 g/mol. The van der Waals surface area contributed by atoms with E-state index < -0.39 is 5.82 Å². The molecule has 0 bridgehead atoms. The van der Waals surface area contributed by atoms with Crippen molar-refractivity contribution in [1.82, 2.24) is 4.98 Å². The predicted molar refractivity (Wildman–Crippen MR) is 83.5 cm³/mol. The largest absolute Gasteiger partial charge is 0.385 e. The molecule has 3 aromatic rings. The van der Waals surface area contributed by atoms with E-state index in [-0.39, 0.29) is 17.2 Å². The SMILES string of the molecule is CNc1c(F)cccc1C(=O)Nc1ccc2ncsc2c1. The van der Waals surface area contributed by atoms with Crippen LogP contribution in [0.15, 0.2) is 41.9 Å². The van der Waals surface area contributed by atoms with Crippen LogP contribution >= 0.6 is 11.3 Å². The van der Waals surface area contributed by atoms with Crippen LogP contribution in [-0.2, 0) is 0 Å². The van der Waals surface area contributed by atoms with Crippen molar-refractivity contribution in [1.29, 1.82) is 0 Å². The first-order valence-corrected chi connectivity index (χ1v) is 7.18. The van der Waals surface area contributed by atoms with Crippen LogP contribution in [0.2, 0.25) is 0 Å². The fourth-order valence-electron chi connectivity index (χ4n) is 2.10. The molecule has 6 heteroatoms. The molecule has 21 heavy (non-hydrogen) atoms. The smallest absolute Gasteiger partial charge is 0.257 e. The lowest BCUT2D eigenvalue weighted by molar-refractivity contribution is 0.102. The number of para-hydroxylation sites is 1. The molecule has 106 valence electrons. The summed E-state index contributed by atoms with van der Waals surface area (Å²) in [7, 11) is 1.58. The minimum Gasteiger partial charge on any atom is -0.385 e. The molecule has 1 heterocycles. The minimum atomic E-state index is -0.456. The summed E-state index contributed by atoms with van der Waals surface area (Å²) in [6.07, 6.45) is 0. The van der Waals surface area contributed by atoms with Crippen LogP contribution in [0.25, 0.3) is 10.2 Å². The highest BCUT2D eigenvalue weighted by atomic mass is 32.1. The fraction of sp³-hybridized carbons (Fsp3) is 0.0667. The molecule has 0 aliphatic carbocycles. The van der Waals surface area contributed by atoms with Crippen LogP contribution in [0.4, 0.5) is 15.8 Å². The third-order valence-electron chi connectivity index (χ3n) is 3.10. The lowest BCUT2D eigenvalue weighted by atomic mass is 10.1. The Morgan fingerprint density at radius 2 is 2.14 bits per heavy atom. The number of hydrogen-bond donors (Lipinski definition) is 2. The molecule has 0 fully saturated rings. The van der Waals surface area contributed by atoms with Gasteiger partial charge in [0, 0.05) is 12.7 Å². The Labute approximate surface area is 124 Å². The molecule has 2 aromatic carbocycles. The summed E-state index contributed by atoms with van der Waals surface area (Å²) in [6, 6.07) is 9.87. The maximum Gasteiger partial charge on any atom is 0.257 e. The highest BCUT2D eigenvalue weighted by Crippen LogP contribution is 2.24. The standard InChI is InChI=1S/C15H12FN3OS/c1-17-14-10(3-2-4-11(14)16)15(20)19-9-5-6-12-13(7-9)21-8-18-12/h2-8,17H,1H3,(H,19,20). The topological polar surface area (TPSA) is 54.0 Å². The van der Waals surface area contributed by atoms with Crippen molar-refractivity contribution in [3.8, 4) is 0 Å². The first-order chi connectivity index (χ1) is 10.2. The van der Waals surface area contributed by atoms with Gasteiger partial charge in [0.2, 0.25) is 0 Å². The van der Waals surface area contributed by atoms with Crippen molar-refractivity contribution in [2.45, 2.75) is 0 Å². The number of aromatic nitrogens is 1. The van der Waals surface area contributed by atoms with Gasteiger partial charge >= 0.3 is 0 Å². The van der Waals surface area contributed by atoms with E-state index in [0.717, 1.165) is 10.2 Å². The van der Waals surface area contributed by atoms with Crippen molar-refractivity contribution in [2.24, 2.45) is 0 Å². The maximum atomic E-state index is 13.7. The Morgan fingerprint density at radius 3 is 2.95 bits per heavy atom. The second-order valence-corrected chi connectivity index (χ2v) is 5.29. The Bertz CT molecular complexity index is 816. The number of fused-ring (bicyclic) bond motifs is 1. The van der Waals surface area contributed by atoms with Crippen LogP contribution in [0.3, 0.4) is 0 Å². The van der Waals surface area contributed by atoms with Gasteiger partial charge in [-0.15, -0.1) is 11.3 Å². The molecule has 0 radical (unpaired) electrons. The molecule has 1 amide bonds. The van der Waals surface area contributed by atoms with Crippen LogP contribution < -0.4 is 10.6 Å². The van der Waals surface area contributed by atoms with E-state index in [0.29, 0.717) is 5.69 Å². The summed E-state index contributed by atoms with van der Waals surface area (Å²) < 4.78 is 14.7. The van der Waals surface area contributed by atoms with Gasteiger partial charge in [0.1, 0.15) is 5.82 Å². The number of thiazole rings is 1. The molecule has 0 saturated heterocycles. The average Bonchev–Trinajstić information content (AvgIpc) is 2.94. The van der Waals surface area contributed by atoms with Crippen molar-refractivity contribution >= 4 is 38.8 Å². The number of rotatable bonds is 3. The fourth-order valence-corrected chi connectivity index (χ4v) is 2.82. The molecular formula is C15H12FN3OS. The number of hydrogen-bond acceptors (Lipinski definition) is 4. The number of nitrogens with zero attached hydrogens (tertiary/aromatic N) is 1. The molecule has 0 aliphatic heterocycles. The Balaban J connectivity index is 1.90. The summed E-state index contributed by atoms with van der Waals surface area (Å²) >= 11 is 1.50. The highest BCUT2D eigenvalue weighted by molar-refractivity contribution is 7.16. The van der Waals surface area contributed by atoms with E-state index in [2.05, 4.69) is 15.6 Å². The monoisotopic (exact) mass is 301 g/mol. The van der Waals surface area contributed by atoms with Crippen LogP contribution in [0.5, 0.6) is 0 Å². The van der Waals surface area contributed by atoms with Crippen molar-refractivity contribution in [3.05, 3.63) is 53.3 Å². The number of carbonyl (C=O) groups excluding carboxylic acids is 1. The molecule has 3 rings (SSSR count). The van der Waals surface area contributed by atoms with E-state index in [4.69, 9.17) is 0 Å². The highest BCUT2D eigenvalue weighted by Gasteiger charge is 2.14. The van der Waals surface area contributed by atoms with E-state index in [1.54, 1.807) is 24.7 Å². The number of nitrogens with one attached hydrogen (secondary N) is 2. The number of halogens is 1. The Morgan fingerprint density at radius 1 is 1.29 bits per heavy atom. The van der Waals surface area contributed by atoms with E-state index in [9.17, 15) is 9.18 Å². The second kappa shape index (κ2) is 5.49. The lowest BCUT2D eigenvalue weighted by Gasteiger charge is -2.10. The van der Waals surface area contributed by atoms with Crippen molar-refractivity contribution in [2.75, 3.05) is 17.7 Å². The van der Waals surface area contributed by atoms with Gasteiger partial charge in [-0.2, -0.15) is 0 Å². The molecule has 0 unspecified atom stereocenters. The Kier molecular flexibility index (Phi) is 3.53. The van der Waals surface area contributed by atoms with Gasteiger partial charge in [-0.1, -0.05) is 6.07 Å². The quantitative estimate of drug-likeness (QED) is 0.775. The zero-order valence-corrected chi connectivity index (χ0v) is 12.0. The third-order valence-corrected chi connectivity index (χ3v) is 3.89. The lowest BCUT2D eigenvalue weighted by Crippen LogP contribution is -2.14. The van der Waals surface area contributed by atoms with Gasteiger partial charge in [0.05, 0.1) is 27.0 Å². The minimum absolute atomic E-state index is 0.189. The molecule has 2 N–H and O–H groups in total. The van der Waals surface area contributed by atoms with E-state index in [1.165, 1.54) is 23.5 Å². The predicted octanol–water partition coefficient (Wildman–Crippen LogP) is 3.73. The van der Waals surface area contributed by atoms with Crippen molar-refractivity contribution < 1.29 is 9.18 Å². The summed E-state index contributed by atoms with van der Waals surface area (Å²) in [4.78, 5) is 16.5. The number of amides is 1. The van der Waals surface area contributed by atoms with Crippen LogP contribution in [0, 0.1) is 5.82 Å². The zero-order chi connectivity index (χ0) is 14.8. The second-order valence-electron chi connectivity index (χ2n) is 4.40. The molecule has 4 nitrogen and oxygen atoms in total. The van der Waals surface area contributed by atoms with Crippen molar-refractivity contribution in [3.63, 3.8) is 0 Å². The van der Waals surface area contributed by atoms with Gasteiger partial charge in [0.15, 0.2) is 0 Å². The number of carbonyl (C=O) groups is 1. The number of anilines is 2. The molecule has 1 aromatic heterocycles. The molecule has 0 spiro atoms. The first kappa shape index (κ1) is 13.5. The van der Waals surface area contributed by atoms with Gasteiger partial charge in [0.25, 0.3) is 5.91 Å². The normalized spacial score (nSPS) is 10.6. The van der Waals surface area contributed by atoms with E-state index >= 15 is 0 Å². The summed E-state index contributed by atoms with van der Waals surface area (Å²) in [5.74, 6) is -0.814. The summed E-state index contributed by atoms with van der Waals surface area (Å²) in [6.45, 7) is 0. The van der Waals surface area contributed by atoms with Crippen LogP contribution in [-0.4, -0.2) is 17.9 Å². The molecule has 0 aliphatic rings. The molecule has 0 atom stereocenters. The Hall–Kier alpha value is -2.47. The van der Waals surface area contributed by atoms with Gasteiger partial charge < -0.3 is 10.6 Å². The molecule has 0 saturated carbocycles. The van der Waals surface area contributed by atoms with Gasteiger partial charge in [-0.3, -0.25) is 4.79 Å². The van der Waals surface area contributed by atoms with Gasteiger partial charge in [-0.05, 0) is 30.3 Å². The average molecular weight is 301 g/mol. The van der Waals surface area contributed by atoms with Crippen LogP contribution in [0.1, 0.15) is 10.4 Å². The van der Waals surface area contributed by atoms with Gasteiger partial charge in [-0.25, -0.2) is 9.37 Å².